The molecule has 2 aromatic heterocycles. The van der Waals surface area contributed by atoms with Gasteiger partial charge in [0, 0.05) is 5.56 Å². The average Bonchev–Trinajstić information content (AvgIpc) is 3.04. The molecule has 0 radical (unpaired) electrons. The zero-order valence-corrected chi connectivity index (χ0v) is 15.1. The Labute approximate surface area is 165 Å². The Balaban J connectivity index is 1.97. The van der Waals surface area contributed by atoms with Gasteiger partial charge in [-0.2, -0.15) is 18.3 Å². The molecule has 0 aliphatic carbocycles. The van der Waals surface area contributed by atoms with Crippen LogP contribution >= 0.6 is 0 Å². The number of aliphatic hydroxyl groups excluding tert-OH is 1. The lowest BCUT2D eigenvalue weighted by molar-refractivity contribution is -0.140. The van der Waals surface area contributed by atoms with Gasteiger partial charge in [-0.1, -0.05) is 0 Å². The number of hydrogen-bond donors (Lipinski definition) is 4. The fourth-order valence-corrected chi connectivity index (χ4v) is 2.66. The molecule has 1 aromatic carbocycles. The molecule has 3 rings (SSSR count). The number of aromatic nitrogens is 3. The number of carbonyl (C=O) groups is 1. The normalized spacial score (nSPS) is 11.6. The van der Waals surface area contributed by atoms with E-state index in [1.807, 2.05) is 5.32 Å². The third kappa shape index (κ3) is 3.94. The quantitative estimate of drug-likeness (QED) is 0.475. The molecule has 0 aliphatic rings. The van der Waals surface area contributed by atoms with Crippen molar-refractivity contribution in [3.63, 3.8) is 0 Å². The number of aromatic hydroxyl groups is 1. The first-order valence-electron chi connectivity index (χ1n) is 8.25. The van der Waals surface area contributed by atoms with Crippen molar-refractivity contribution in [3.05, 3.63) is 58.5 Å². The summed E-state index contributed by atoms with van der Waals surface area (Å²) in [5.74, 6) is -3.84. The van der Waals surface area contributed by atoms with E-state index in [0.29, 0.717) is 6.07 Å². The van der Waals surface area contributed by atoms with E-state index < -0.39 is 53.0 Å². The number of rotatable bonds is 4. The van der Waals surface area contributed by atoms with Gasteiger partial charge in [0.05, 0.1) is 29.2 Å². The Morgan fingerprint density at radius 2 is 1.90 bits per heavy atom. The van der Waals surface area contributed by atoms with Gasteiger partial charge < -0.3 is 15.5 Å². The second-order valence-electron chi connectivity index (χ2n) is 6.14. The van der Waals surface area contributed by atoms with Crippen molar-refractivity contribution in [2.75, 3.05) is 5.32 Å². The highest BCUT2D eigenvalue weighted by Gasteiger charge is 2.37. The number of anilines is 1. The van der Waals surface area contributed by atoms with Crippen LogP contribution in [0.15, 0.2) is 24.3 Å². The predicted molar refractivity (Wildman–Crippen MR) is 93.5 cm³/mol. The lowest BCUT2D eigenvalue weighted by atomic mass is 10.0. The molecule has 1 amide bonds. The number of alkyl halides is 3. The minimum Gasteiger partial charge on any atom is -0.507 e. The van der Waals surface area contributed by atoms with Crippen LogP contribution in [-0.2, 0) is 12.8 Å². The molecule has 0 unspecified atom stereocenters. The molecule has 0 saturated carbocycles. The summed E-state index contributed by atoms with van der Waals surface area (Å²) in [6, 6.07) is 3.45. The number of H-pyrrole nitrogens is 1. The number of nitrogens with zero attached hydrogens (tertiary/aromatic N) is 2. The van der Waals surface area contributed by atoms with Gasteiger partial charge in [0.2, 0.25) is 0 Å². The van der Waals surface area contributed by atoms with Crippen molar-refractivity contribution in [1.82, 2.24) is 15.2 Å². The van der Waals surface area contributed by atoms with Crippen LogP contribution in [0.25, 0.3) is 11.3 Å². The van der Waals surface area contributed by atoms with Crippen LogP contribution in [0.1, 0.15) is 27.4 Å². The molecule has 4 N–H and O–H groups in total. The van der Waals surface area contributed by atoms with Crippen LogP contribution in [0.2, 0.25) is 0 Å². The monoisotopic (exact) mass is 428 g/mol. The van der Waals surface area contributed by atoms with Gasteiger partial charge in [0.1, 0.15) is 23.1 Å². The van der Waals surface area contributed by atoms with E-state index in [1.165, 1.54) is 6.92 Å². The minimum atomic E-state index is -4.83. The molecule has 0 spiro atoms. The number of amides is 1. The second-order valence-corrected chi connectivity index (χ2v) is 6.14. The highest BCUT2D eigenvalue weighted by Crippen LogP contribution is 2.36. The first kappa shape index (κ1) is 21.2. The largest absolute Gasteiger partial charge is 0.507 e. The molecule has 0 atom stereocenters. The first-order valence-corrected chi connectivity index (χ1v) is 8.25. The van der Waals surface area contributed by atoms with Gasteiger partial charge >= 0.3 is 6.18 Å². The van der Waals surface area contributed by atoms with Crippen molar-refractivity contribution in [2.45, 2.75) is 19.7 Å². The van der Waals surface area contributed by atoms with Crippen LogP contribution in [0.3, 0.4) is 0 Å². The lowest BCUT2D eigenvalue weighted by Gasteiger charge is -2.12. The summed E-state index contributed by atoms with van der Waals surface area (Å²) in [6.45, 7) is 0.462. The number of benzene rings is 1. The van der Waals surface area contributed by atoms with E-state index in [4.69, 9.17) is 5.11 Å². The third-order valence-corrected chi connectivity index (χ3v) is 4.14. The molecule has 158 valence electrons. The van der Waals surface area contributed by atoms with Crippen molar-refractivity contribution < 1.29 is 37.0 Å². The van der Waals surface area contributed by atoms with Gasteiger partial charge in [-0.05, 0) is 31.2 Å². The van der Waals surface area contributed by atoms with Crippen LogP contribution in [0.5, 0.6) is 5.75 Å². The fourth-order valence-electron chi connectivity index (χ4n) is 2.66. The third-order valence-electron chi connectivity index (χ3n) is 4.14. The van der Waals surface area contributed by atoms with Crippen LogP contribution in [-0.4, -0.2) is 31.3 Å². The molecule has 0 fully saturated rings. The fraction of sp³-hybridized carbons (Fsp3) is 0.167. The molecular formula is C18H13F5N4O3. The molecule has 0 saturated heterocycles. The predicted octanol–water partition coefficient (Wildman–Crippen LogP) is 3.53. The highest BCUT2D eigenvalue weighted by atomic mass is 19.4. The standard InChI is InChI=1S/C18H13F5N4O3/c1-7-15(16(27-26-7)18(21,22)23)25-17(30)9-4-11(20)8(5-14(9)29)12-3-2-10(19)13(6-28)24-12/h2-5,28-29H,6H2,1H3,(H,25,30)(H,26,27). The summed E-state index contributed by atoms with van der Waals surface area (Å²) in [4.78, 5) is 16.1. The van der Waals surface area contributed by atoms with Gasteiger partial charge in [0.15, 0.2) is 5.69 Å². The van der Waals surface area contributed by atoms with E-state index >= 15 is 0 Å². The maximum Gasteiger partial charge on any atom is 0.434 e. The lowest BCUT2D eigenvalue weighted by Crippen LogP contribution is -2.17. The van der Waals surface area contributed by atoms with Crippen molar-refractivity contribution in [1.29, 1.82) is 0 Å². The van der Waals surface area contributed by atoms with Gasteiger partial charge in [-0.25, -0.2) is 13.8 Å². The Morgan fingerprint density at radius 1 is 1.20 bits per heavy atom. The number of hydrogen-bond acceptors (Lipinski definition) is 5. The van der Waals surface area contributed by atoms with E-state index in [0.717, 1.165) is 18.2 Å². The average molecular weight is 428 g/mol. The number of phenols is 1. The van der Waals surface area contributed by atoms with Crippen LogP contribution in [0.4, 0.5) is 27.6 Å². The minimum absolute atomic E-state index is 0.134. The summed E-state index contributed by atoms with van der Waals surface area (Å²) in [7, 11) is 0. The summed E-state index contributed by atoms with van der Waals surface area (Å²) in [5, 5.41) is 26.3. The number of halogens is 5. The SMILES string of the molecule is Cc1n[nH]c(C(F)(F)F)c1NC(=O)c1cc(F)c(-c2ccc(F)c(CO)n2)cc1O. The van der Waals surface area contributed by atoms with Gasteiger partial charge in [0.25, 0.3) is 5.91 Å². The maximum atomic E-state index is 14.6. The Bertz CT molecular complexity index is 1130. The molecule has 3 aromatic rings. The Kier molecular flexibility index (Phi) is 5.44. The molecule has 30 heavy (non-hydrogen) atoms. The van der Waals surface area contributed by atoms with Crippen molar-refractivity contribution >= 4 is 11.6 Å². The van der Waals surface area contributed by atoms with Crippen LogP contribution < -0.4 is 5.32 Å². The molecule has 0 aliphatic heterocycles. The molecule has 12 heteroatoms. The summed E-state index contributed by atoms with van der Waals surface area (Å²) in [5.41, 5.74) is -3.59. The van der Waals surface area contributed by atoms with Gasteiger partial charge in [-0.15, -0.1) is 0 Å². The number of nitrogens with one attached hydrogen (secondary N) is 2. The summed E-state index contributed by atoms with van der Waals surface area (Å²) in [6.07, 6.45) is -4.83. The number of aliphatic hydroxyl groups is 1. The first-order chi connectivity index (χ1) is 14.0. The number of carbonyl (C=O) groups excluding carboxylic acids is 1. The summed E-state index contributed by atoms with van der Waals surface area (Å²) >= 11 is 0. The number of phenolic OH excluding ortho intramolecular Hbond substituents is 1. The molecule has 2 heterocycles. The van der Waals surface area contributed by atoms with Crippen molar-refractivity contribution in [2.24, 2.45) is 0 Å². The Morgan fingerprint density at radius 3 is 2.53 bits per heavy atom. The van der Waals surface area contributed by atoms with E-state index in [1.54, 1.807) is 5.10 Å². The number of aromatic amines is 1. The van der Waals surface area contributed by atoms with E-state index in [-0.39, 0.29) is 22.6 Å². The zero-order chi connectivity index (χ0) is 22.2. The number of aryl methyl sites for hydroxylation is 1. The zero-order valence-electron chi connectivity index (χ0n) is 15.1. The van der Waals surface area contributed by atoms with E-state index in [9.17, 15) is 31.9 Å². The van der Waals surface area contributed by atoms with Crippen LogP contribution in [0, 0.1) is 18.6 Å². The van der Waals surface area contributed by atoms with E-state index in [2.05, 4.69) is 10.1 Å². The topological polar surface area (TPSA) is 111 Å². The number of pyridine rings is 1. The maximum absolute atomic E-state index is 14.6. The Hall–Kier alpha value is -3.54. The smallest absolute Gasteiger partial charge is 0.434 e. The second kappa shape index (κ2) is 7.71. The molecule has 7 nitrogen and oxygen atoms in total. The molecule has 0 bridgehead atoms. The van der Waals surface area contributed by atoms with Crippen molar-refractivity contribution in [3.8, 4) is 17.0 Å². The van der Waals surface area contributed by atoms with Gasteiger partial charge in [-0.3, -0.25) is 9.89 Å². The summed E-state index contributed by atoms with van der Waals surface area (Å²) < 4.78 is 67.0. The molecular weight excluding hydrogens is 415 g/mol. The highest BCUT2D eigenvalue weighted by molar-refractivity contribution is 6.07.